The molecule has 0 bridgehead atoms. The Morgan fingerprint density at radius 3 is 2.65 bits per heavy atom. The minimum Gasteiger partial charge on any atom is -0.384 e. The summed E-state index contributed by atoms with van der Waals surface area (Å²) in [6, 6.07) is 5.47. The van der Waals surface area contributed by atoms with Crippen LogP contribution < -0.4 is 5.32 Å². The summed E-state index contributed by atoms with van der Waals surface area (Å²) < 4.78 is 0. The normalized spacial score (nSPS) is 16.2. The first-order chi connectivity index (χ1) is 9.61. The number of nitrogens with zero attached hydrogens (tertiary/aromatic N) is 2. The quantitative estimate of drug-likeness (QED) is 0.927. The highest BCUT2D eigenvalue weighted by Crippen LogP contribution is 2.23. The van der Waals surface area contributed by atoms with E-state index in [0.29, 0.717) is 10.6 Å². The van der Waals surface area contributed by atoms with E-state index in [1.807, 2.05) is 17.0 Å². The monoisotopic (exact) mass is 295 g/mol. The number of carbonyl (C=O) groups excluding carboxylic acids is 1. The van der Waals surface area contributed by atoms with Crippen molar-refractivity contribution in [3.8, 4) is 0 Å². The smallest absolute Gasteiger partial charge is 0.256 e. The molecule has 2 rings (SSSR count). The largest absolute Gasteiger partial charge is 0.384 e. The third-order valence-corrected chi connectivity index (χ3v) is 3.80. The van der Waals surface area contributed by atoms with Gasteiger partial charge in [-0.25, -0.2) is 0 Å². The Labute approximate surface area is 125 Å². The molecule has 1 saturated heterocycles. The number of benzene rings is 1. The van der Waals surface area contributed by atoms with Gasteiger partial charge < -0.3 is 15.1 Å². The molecule has 0 unspecified atom stereocenters. The van der Waals surface area contributed by atoms with E-state index in [4.69, 9.17) is 11.6 Å². The van der Waals surface area contributed by atoms with E-state index in [0.717, 1.165) is 44.8 Å². The predicted octanol–water partition coefficient (Wildman–Crippen LogP) is 2.55. The van der Waals surface area contributed by atoms with Crippen molar-refractivity contribution in [3.63, 3.8) is 0 Å². The molecule has 110 valence electrons. The summed E-state index contributed by atoms with van der Waals surface area (Å²) in [7, 11) is 2.08. The van der Waals surface area contributed by atoms with Crippen LogP contribution in [-0.2, 0) is 0 Å². The fourth-order valence-electron chi connectivity index (χ4n) is 2.29. The van der Waals surface area contributed by atoms with Crippen LogP contribution in [0, 0.1) is 0 Å². The second-order valence-electron chi connectivity index (χ2n) is 5.21. The van der Waals surface area contributed by atoms with E-state index in [-0.39, 0.29) is 5.91 Å². The molecule has 0 saturated carbocycles. The first-order valence-electron chi connectivity index (χ1n) is 7.13. The molecular formula is C15H22ClN3O. The summed E-state index contributed by atoms with van der Waals surface area (Å²) >= 11 is 6.05. The molecule has 20 heavy (non-hydrogen) atoms. The summed E-state index contributed by atoms with van der Waals surface area (Å²) in [5.41, 5.74) is 1.55. The molecule has 1 fully saturated rings. The zero-order chi connectivity index (χ0) is 14.5. The Kier molecular flexibility index (Phi) is 5.26. The molecule has 1 aromatic rings. The van der Waals surface area contributed by atoms with Crippen LogP contribution >= 0.6 is 11.6 Å². The lowest BCUT2D eigenvalue weighted by molar-refractivity contribution is 0.0665. The predicted molar refractivity (Wildman–Crippen MR) is 83.6 cm³/mol. The highest BCUT2D eigenvalue weighted by atomic mass is 35.5. The van der Waals surface area contributed by atoms with Crippen molar-refractivity contribution >= 4 is 23.2 Å². The van der Waals surface area contributed by atoms with Crippen molar-refractivity contribution in [2.45, 2.75) is 13.3 Å². The van der Waals surface area contributed by atoms with Gasteiger partial charge in [-0.15, -0.1) is 0 Å². The van der Waals surface area contributed by atoms with Crippen molar-refractivity contribution in [1.29, 1.82) is 0 Å². The van der Waals surface area contributed by atoms with Crippen LogP contribution in [0.1, 0.15) is 23.7 Å². The number of piperazine rings is 1. The average molecular weight is 296 g/mol. The van der Waals surface area contributed by atoms with E-state index in [2.05, 4.69) is 24.2 Å². The Morgan fingerprint density at radius 1 is 1.30 bits per heavy atom. The number of amides is 1. The van der Waals surface area contributed by atoms with Gasteiger partial charge in [-0.05, 0) is 31.7 Å². The summed E-state index contributed by atoms with van der Waals surface area (Å²) in [5, 5.41) is 3.90. The molecule has 0 radical (unpaired) electrons. The van der Waals surface area contributed by atoms with E-state index >= 15 is 0 Å². The molecule has 1 amide bonds. The van der Waals surface area contributed by atoms with Crippen LogP contribution in [0.2, 0.25) is 5.02 Å². The lowest BCUT2D eigenvalue weighted by Crippen LogP contribution is -2.47. The molecule has 0 spiro atoms. The lowest BCUT2D eigenvalue weighted by atomic mass is 10.1. The lowest BCUT2D eigenvalue weighted by Gasteiger charge is -2.32. The van der Waals surface area contributed by atoms with Gasteiger partial charge >= 0.3 is 0 Å². The van der Waals surface area contributed by atoms with Gasteiger partial charge in [-0.1, -0.05) is 18.5 Å². The van der Waals surface area contributed by atoms with Gasteiger partial charge in [0.25, 0.3) is 5.91 Å². The van der Waals surface area contributed by atoms with Gasteiger partial charge in [-0.2, -0.15) is 0 Å². The molecule has 1 aromatic carbocycles. The number of rotatable bonds is 4. The molecule has 4 nitrogen and oxygen atoms in total. The van der Waals surface area contributed by atoms with Crippen molar-refractivity contribution < 1.29 is 4.79 Å². The fourth-order valence-corrected chi connectivity index (χ4v) is 2.46. The molecule has 1 heterocycles. The van der Waals surface area contributed by atoms with Crippen LogP contribution in [0.15, 0.2) is 18.2 Å². The van der Waals surface area contributed by atoms with Crippen LogP contribution in [-0.4, -0.2) is 55.5 Å². The van der Waals surface area contributed by atoms with Crippen molar-refractivity contribution in [2.75, 3.05) is 45.1 Å². The van der Waals surface area contributed by atoms with Gasteiger partial charge in [-0.3, -0.25) is 4.79 Å². The number of halogens is 1. The first-order valence-corrected chi connectivity index (χ1v) is 7.51. The topological polar surface area (TPSA) is 35.6 Å². The Balaban J connectivity index is 2.17. The van der Waals surface area contributed by atoms with Crippen molar-refractivity contribution in [1.82, 2.24) is 9.80 Å². The van der Waals surface area contributed by atoms with Crippen LogP contribution in [0.4, 0.5) is 5.69 Å². The van der Waals surface area contributed by atoms with Crippen LogP contribution in [0.5, 0.6) is 0 Å². The highest BCUT2D eigenvalue weighted by molar-refractivity contribution is 6.31. The number of carbonyl (C=O) groups is 1. The maximum atomic E-state index is 12.7. The maximum Gasteiger partial charge on any atom is 0.256 e. The molecule has 0 atom stereocenters. The first kappa shape index (κ1) is 15.1. The number of likely N-dealkylation sites (N-methyl/N-ethyl adjacent to an activating group) is 1. The molecule has 1 aliphatic rings. The number of hydrogen-bond donors (Lipinski definition) is 1. The SMILES string of the molecule is CCCNc1ccc(Cl)cc1C(=O)N1CCN(C)CC1. The minimum atomic E-state index is 0.0687. The average Bonchev–Trinajstić information content (AvgIpc) is 2.46. The van der Waals surface area contributed by atoms with Gasteiger partial charge in [0, 0.05) is 43.4 Å². The third kappa shape index (κ3) is 3.64. The van der Waals surface area contributed by atoms with Gasteiger partial charge in [0.2, 0.25) is 0 Å². The Bertz CT molecular complexity index is 470. The second kappa shape index (κ2) is 6.95. The zero-order valence-electron chi connectivity index (χ0n) is 12.2. The van der Waals surface area contributed by atoms with Crippen molar-refractivity contribution in [3.05, 3.63) is 28.8 Å². The van der Waals surface area contributed by atoms with E-state index in [1.165, 1.54) is 0 Å². The summed E-state index contributed by atoms with van der Waals surface area (Å²) in [5.74, 6) is 0.0687. The number of anilines is 1. The van der Waals surface area contributed by atoms with Gasteiger partial charge in [0.15, 0.2) is 0 Å². The fraction of sp³-hybridized carbons (Fsp3) is 0.533. The Morgan fingerprint density at radius 2 is 2.00 bits per heavy atom. The third-order valence-electron chi connectivity index (χ3n) is 3.57. The molecular weight excluding hydrogens is 274 g/mol. The van der Waals surface area contributed by atoms with Crippen LogP contribution in [0.3, 0.4) is 0 Å². The summed E-state index contributed by atoms with van der Waals surface area (Å²) in [6.07, 6.45) is 1.02. The standard InChI is InChI=1S/C15H22ClN3O/c1-3-6-17-14-5-4-12(16)11-13(14)15(20)19-9-7-18(2)8-10-19/h4-5,11,17H,3,6-10H2,1-2H3. The zero-order valence-corrected chi connectivity index (χ0v) is 12.9. The molecule has 5 heteroatoms. The molecule has 0 aliphatic carbocycles. The molecule has 1 aliphatic heterocycles. The minimum absolute atomic E-state index is 0.0687. The summed E-state index contributed by atoms with van der Waals surface area (Å²) in [6.45, 7) is 6.34. The van der Waals surface area contributed by atoms with Crippen molar-refractivity contribution in [2.24, 2.45) is 0 Å². The van der Waals surface area contributed by atoms with Crippen LogP contribution in [0.25, 0.3) is 0 Å². The van der Waals surface area contributed by atoms with Gasteiger partial charge in [0.05, 0.1) is 5.56 Å². The van der Waals surface area contributed by atoms with E-state index in [9.17, 15) is 4.79 Å². The van der Waals surface area contributed by atoms with E-state index < -0.39 is 0 Å². The number of nitrogens with one attached hydrogen (secondary N) is 1. The van der Waals surface area contributed by atoms with Gasteiger partial charge in [0.1, 0.15) is 0 Å². The summed E-state index contributed by atoms with van der Waals surface area (Å²) in [4.78, 5) is 16.8. The molecule has 1 N–H and O–H groups in total. The maximum absolute atomic E-state index is 12.7. The Hall–Kier alpha value is -1.26. The van der Waals surface area contributed by atoms with E-state index in [1.54, 1.807) is 6.07 Å². The number of hydrogen-bond acceptors (Lipinski definition) is 3. The second-order valence-corrected chi connectivity index (χ2v) is 5.65. The molecule has 0 aromatic heterocycles. The highest BCUT2D eigenvalue weighted by Gasteiger charge is 2.22.